The monoisotopic (exact) mass is 203 g/mol. The summed E-state index contributed by atoms with van der Waals surface area (Å²) in [5.74, 6) is 2.24. The first-order valence-electron chi connectivity index (χ1n) is 5.12. The summed E-state index contributed by atoms with van der Waals surface area (Å²) in [6, 6.07) is 0.567. The predicted octanol–water partition coefficient (Wildman–Crippen LogP) is 2.82. The Balaban J connectivity index is 4.40. The van der Waals surface area contributed by atoms with Crippen molar-refractivity contribution in [3.05, 3.63) is 0 Å². The minimum atomic E-state index is 0.366. The van der Waals surface area contributed by atoms with Gasteiger partial charge >= 0.3 is 0 Å². The van der Waals surface area contributed by atoms with E-state index in [1.54, 1.807) is 0 Å². The molecule has 1 nitrogen and oxygen atoms in total. The minimum absolute atomic E-state index is 0.366. The summed E-state index contributed by atoms with van der Waals surface area (Å²) >= 11 is 4.36. The first-order valence-corrected chi connectivity index (χ1v) is 5.76. The van der Waals surface area contributed by atoms with Crippen molar-refractivity contribution in [3.8, 4) is 0 Å². The highest BCUT2D eigenvalue weighted by Crippen LogP contribution is 2.31. The van der Waals surface area contributed by atoms with Crippen LogP contribution >= 0.6 is 12.6 Å². The Kier molecular flexibility index (Phi) is 5.38. The Morgan fingerprint density at radius 2 is 1.69 bits per heavy atom. The van der Waals surface area contributed by atoms with Crippen molar-refractivity contribution in [2.24, 2.45) is 17.3 Å². The Labute approximate surface area is 89.1 Å². The Morgan fingerprint density at radius 1 is 1.23 bits per heavy atom. The molecule has 0 amide bonds. The predicted molar refractivity (Wildman–Crippen MR) is 64.5 cm³/mol. The summed E-state index contributed by atoms with van der Waals surface area (Å²) < 4.78 is 0. The molecule has 0 heterocycles. The van der Waals surface area contributed by atoms with Gasteiger partial charge in [0.2, 0.25) is 0 Å². The topological polar surface area (TPSA) is 12.0 Å². The van der Waals surface area contributed by atoms with Crippen molar-refractivity contribution in [3.63, 3.8) is 0 Å². The quantitative estimate of drug-likeness (QED) is 0.670. The van der Waals surface area contributed by atoms with Crippen molar-refractivity contribution in [2.45, 2.75) is 40.7 Å². The molecular weight excluding hydrogens is 178 g/mol. The van der Waals surface area contributed by atoms with Gasteiger partial charge in [-0.3, -0.25) is 0 Å². The van der Waals surface area contributed by atoms with E-state index in [1.807, 2.05) is 7.05 Å². The molecule has 0 bridgehead atoms. The van der Waals surface area contributed by atoms with Crippen LogP contribution in [-0.2, 0) is 0 Å². The largest absolute Gasteiger partial charge is 0.316 e. The smallest absolute Gasteiger partial charge is 0.0128 e. The maximum absolute atomic E-state index is 4.36. The van der Waals surface area contributed by atoms with Crippen LogP contribution in [0.25, 0.3) is 0 Å². The van der Waals surface area contributed by atoms with E-state index in [4.69, 9.17) is 0 Å². The zero-order valence-electron chi connectivity index (χ0n) is 9.89. The summed E-state index contributed by atoms with van der Waals surface area (Å²) in [6.45, 7) is 11.5. The second-order valence-electron chi connectivity index (χ2n) is 5.13. The lowest BCUT2D eigenvalue weighted by atomic mass is 9.74. The lowest BCUT2D eigenvalue weighted by molar-refractivity contribution is 0.173. The van der Waals surface area contributed by atoms with Gasteiger partial charge in [-0.05, 0) is 30.1 Å². The number of hydrogen-bond donors (Lipinski definition) is 2. The molecule has 3 atom stereocenters. The number of rotatable bonds is 4. The molecule has 0 spiro atoms. The summed E-state index contributed by atoms with van der Waals surface area (Å²) in [5.41, 5.74) is 0.366. The summed E-state index contributed by atoms with van der Waals surface area (Å²) in [7, 11) is 2.05. The molecule has 0 saturated carbocycles. The van der Waals surface area contributed by atoms with Crippen molar-refractivity contribution < 1.29 is 0 Å². The van der Waals surface area contributed by atoms with Crippen LogP contribution in [-0.4, -0.2) is 18.8 Å². The second-order valence-corrected chi connectivity index (χ2v) is 5.49. The zero-order chi connectivity index (χ0) is 10.6. The molecule has 0 saturated heterocycles. The summed E-state index contributed by atoms with van der Waals surface area (Å²) in [5, 5.41) is 3.41. The van der Waals surface area contributed by atoms with Crippen molar-refractivity contribution in [2.75, 3.05) is 12.8 Å². The van der Waals surface area contributed by atoms with Crippen molar-refractivity contribution >= 4 is 12.6 Å². The van der Waals surface area contributed by atoms with Crippen LogP contribution in [0.1, 0.15) is 34.6 Å². The third kappa shape index (κ3) is 3.90. The van der Waals surface area contributed by atoms with E-state index in [2.05, 4.69) is 52.6 Å². The van der Waals surface area contributed by atoms with E-state index in [-0.39, 0.29) is 0 Å². The Bertz CT molecular complexity index is 140. The normalized spacial score (nSPS) is 19.6. The van der Waals surface area contributed by atoms with Gasteiger partial charge in [0.05, 0.1) is 0 Å². The highest BCUT2D eigenvalue weighted by Gasteiger charge is 2.30. The average Bonchev–Trinajstić information content (AvgIpc) is 2.03. The fourth-order valence-electron chi connectivity index (χ4n) is 1.68. The molecule has 2 unspecified atom stereocenters. The fourth-order valence-corrected chi connectivity index (χ4v) is 1.91. The molecule has 0 fully saturated rings. The van der Waals surface area contributed by atoms with Gasteiger partial charge in [-0.25, -0.2) is 0 Å². The zero-order valence-corrected chi connectivity index (χ0v) is 10.8. The number of nitrogens with one attached hydrogen (secondary N) is 1. The maximum Gasteiger partial charge on any atom is 0.0128 e. The highest BCUT2D eigenvalue weighted by atomic mass is 32.1. The van der Waals surface area contributed by atoms with Crippen molar-refractivity contribution in [1.29, 1.82) is 0 Å². The molecule has 0 aliphatic carbocycles. The van der Waals surface area contributed by atoms with Crippen LogP contribution in [0, 0.1) is 17.3 Å². The van der Waals surface area contributed by atoms with Gasteiger partial charge in [0.1, 0.15) is 0 Å². The molecule has 0 aliphatic rings. The van der Waals surface area contributed by atoms with Gasteiger partial charge in [-0.2, -0.15) is 12.6 Å². The lowest BCUT2D eigenvalue weighted by Crippen LogP contribution is -2.43. The van der Waals surface area contributed by atoms with Crippen LogP contribution in [0.15, 0.2) is 0 Å². The third-order valence-corrected chi connectivity index (χ3v) is 3.72. The second kappa shape index (κ2) is 5.26. The number of hydrogen-bond acceptors (Lipinski definition) is 2. The summed E-state index contributed by atoms with van der Waals surface area (Å²) in [4.78, 5) is 0. The van der Waals surface area contributed by atoms with Gasteiger partial charge in [-0.1, -0.05) is 34.6 Å². The van der Waals surface area contributed by atoms with Gasteiger partial charge in [0.15, 0.2) is 0 Å². The van der Waals surface area contributed by atoms with Crippen LogP contribution in [0.3, 0.4) is 0 Å². The number of thiol groups is 1. The average molecular weight is 203 g/mol. The van der Waals surface area contributed by atoms with E-state index in [0.29, 0.717) is 23.3 Å². The highest BCUT2D eigenvalue weighted by molar-refractivity contribution is 7.80. The first-order chi connectivity index (χ1) is 5.84. The van der Waals surface area contributed by atoms with Gasteiger partial charge in [0.25, 0.3) is 0 Å². The molecule has 0 aromatic carbocycles. The molecule has 0 aromatic rings. The molecule has 2 heteroatoms. The molecule has 0 aliphatic heterocycles. The van der Waals surface area contributed by atoms with E-state index in [1.165, 1.54) is 0 Å². The van der Waals surface area contributed by atoms with E-state index < -0.39 is 0 Å². The van der Waals surface area contributed by atoms with Gasteiger partial charge in [-0.15, -0.1) is 0 Å². The lowest BCUT2D eigenvalue weighted by Gasteiger charge is -2.37. The van der Waals surface area contributed by atoms with Gasteiger partial charge in [0, 0.05) is 6.04 Å². The standard InChI is InChI=1S/C11H25NS/c1-8(7-13)10(12-6)9(2)11(3,4)5/h8-10,12-13H,7H2,1-6H3/t8?,9?,10-/m1/s1. The van der Waals surface area contributed by atoms with Gasteiger partial charge < -0.3 is 5.32 Å². The summed E-state index contributed by atoms with van der Waals surface area (Å²) in [6.07, 6.45) is 0. The molecule has 0 rings (SSSR count). The Morgan fingerprint density at radius 3 is 1.92 bits per heavy atom. The molecule has 1 N–H and O–H groups in total. The molecule has 0 radical (unpaired) electrons. The van der Waals surface area contributed by atoms with E-state index in [0.717, 1.165) is 5.75 Å². The van der Waals surface area contributed by atoms with Crippen LogP contribution < -0.4 is 5.32 Å². The van der Waals surface area contributed by atoms with E-state index >= 15 is 0 Å². The third-order valence-electron chi connectivity index (χ3n) is 3.14. The molecule has 13 heavy (non-hydrogen) atoms. The minimum Gasteiger partial charge on any atom is -0.316 e. The van der Waals surface area contributed by atoms with Crippen LogP contribution in [0.4, 0.5) is 0 Å². The molecule has 80 valence electrons. The van der Waals surface area contributed by atoms with Crippen LogP contribution in [0.2, 0.25) is 0 Å². The molecular formula is C11H25NS. The van der Waals surface area contributed by atoms with Crippen molar-refractivity contribution in [1.82, 2.24) is 5.32 Å². The fraction of sp³-hybridized carbons (Fsp3) is 1.00. The molecule has 0 aromatic heterocycles. The Hall–Kier alpha value is 0.310. The van der Waals surface area contributed by atoms with Crippen LogP contribution in [0.5, 0.6) is 0 Å². The first kappa shape index (κ1) is 13.3. The maximum atomic E-state index is 4.36. The SMILES string of the molecule is CN[C@H](C(C)CS)C(C)C(C)(C)C. The van der Waals surface area contributed by atoms with E-state index in [9.17, 15) is 0 Å².